The maximum absolute atomic E-state index is 13.5. The first-order chi connectivity index (χ1) is 15.1. The number of anilines is 2. The molecule has 0 saturated carbocycles. The average molecular weight is 431 g/mol. The van der Waals surface area contributed by atoms with Crippen molar-refractivity contribution in [3.63, 3.8) is 0 Å². The van der Waals surface area contributed by atoms with Crippen LogP contribution in [0.15, 0.2) is 84.1 Å². The first-order valence-corrected chi connectivity index (χ1v) is 10.8. The summed E-state index contributed by atoms with van der Waals surface area (Å²) in [5.41, 5.74) is 5.92. The number of Topliss-reactive ketones (excluding diaryl/α,β-unsaturated/α-hetero) is 1. The number of hydrogen-bond donors (Lipinski definition) is 2. The first kappa shape index (κ1) is 19.7. The highest BCUT2D eigenvalue weighted by Gasteiger charge is 2.36. The van der Waals surface area contributed by atoms with Crippen molar-refractivity contribution < 1.29 is 9.53 Å². The fourth-order valence-electron chi connectivity index (χ4n) is 4.51. The van der Waals surface area contributed by atoms with Crippen LogP contribution in [0.3, 0.4) is 0 Å². The SMILES string of the molecule is COc1ccc([C@H]2Nc3ccccc3NC3=C2C(=O)C[C@H](c2ccc(Cl)cc2)C3)cc1. The molecule has 2 N–H and O–H groups in total. The van der Waals surface area contributed by atoms with Gasteiger partial charge in [0, 0.05) is 22.7 Å². The van der Waals surface area contributed by atoms with Crippen LogP contribution in [0, 0.1) is 0 Å². The highest BCUT2D eigenvalue weighted by molar-refractivity contribution is 6.30. The largest absolute Gasteiger partial charge is 0.497 e. The summed E-state index contributed by atoms with van der Waals surface area (Å²) in [5, 5.41) is 7.88. The van der Waals surface area contributed by atoms with Crippen LogP contribution in [0.2, 0.25) is 5.02 Å². The van der Waals surface area contributed by atoms with Gasteiger partial charge in [0.1, 0.15) is 5.75 Å². The average Bonchev–Trinajstić information content (AvgIpc) is 2.96. The van der Waals surface area contributed by atoms with E-state index in [0.29, 0.717) is 11.4 Å². The second kappa shape index (κ2) is 8.12. The molecule has 31 heavy (non-hydrogen) atoms. The first-order valence-electron chi connectivity index (χ1n) is 10.4. The predicted octanol–water partition coefficient (Wildman–Crippen LogP) is 6.33. The van der Waals surface area contributed by atoms with Crippen LogP contribution >= 0.6 is 11.6 Å². The number of para-hydroxylation sites is 2. The van der Waals surface area contributed by atoms with Gasteiger partial charge in [0.15, 0.2) is 5.78 Å². The number of halogens is 1. The molecule has 0 radical (unpaired) electrons. The molecule has 0 amide bonds. The van der Waals surface area contributed by atoms with E-state index in [2.05, 4.69) is 10.6 Å². The number of ketones is 1. The molecule has 2 atom stereocenters. The maximum Gasteiger partial charge on any atom is 0.163 e. The van der Waals surface area contributed by atoms with Crippen LogP contribution in [-0.2, 0) is 4.79 Å². The van der Waals surface area contributed by atoms with Crippen molar-refractivity contribution in [2.75, 3.05) is 17.7 Å². The number of carbonyl (C=O) groups excluding carboxylic acids is 1. The zero-order chi connectivity index (χ0) is 21.4. The lowest BCUT2D eigenvalue weighted by molar-refractivity contribution is -0.116. The minimum Gasteiger partial charge on any atom is -0.497 e. The van der Waals surface area contributed by atoms with Gasteiger partial charge < -0.3 is 15.4 Å². The lowest BCUT2D eigenvalue weighted by Gasteiger charge is -2.30. The Morgan fingerprint density at radius 3 is 2.26 bits per heavy atom. The minimum absolute atomic E-state index is 0.123. The smallest absolute Gasteiger partial charge is 0.163 e. The molecule has 0 spiro atoms. The van der Waals surface area contributed by atoms with E-state index in [9.17, 15) is 4.79 Å². The molecule has 0 fully saturated rings. The summed E-state index contributed by atoms with van der Waals surface area (Å²) in [4.78, 5) is 13.5. The number of methoxy groups -OCH3 is 1. The van der Waals surface area contributed by atoms with Crippen molar-refractivity contribution in [3.8, 4) is 5.75 Å². The molecule has 2 aliphatic rings. The number of fused-ring (bicyclic) bond motifs is 1. The van der Waals surface area contributed by atoms with E-state index in [0.717, 1.165) is 45.9 Å². The Hall–Kier alpha value is -3.24. The highest BCUT2D eigenvalue weighted by Crippen LogP contribution is 2.44. The van der Waals surface area contributed by atoms with Crippen LogP contribution in [0.5, 0.6) is 5.75 Å². The third-order valence-corrected chi connectivity index (χ3v) is 6.35. The second-order valence-electron chi connectivity index (χ2n) is 7.99. The molecule has 4 nitrogen and oxygen atoms in total. The quantitative estimate of drug-likeness (QED) is 0.509. The number of ether oxygens (including phenoxy) is 1. The van der Waals surface area contributed by atoms with Crippen molar-refractivity contribution in [1.29, 1.82) is 0 Å². The van der Waals surface area contributed by atoms with Gasteiger partial charge in [-0.2, -0.15) is 0 Å². The summed E-state index contributed by atoms with van der Waals surface area (Å²) in [7, 11) is 1.65. The summed E-state index contributed by atoms with van der Waals surface area (Å²) in [6, 6.07) is 23.6. The Labute approximate surface area is 186 Å². The van der Waals surface area contributed by atoms with Crippen molar-refractivity contribution >= 4 is 28.8 Å². The van der Waals surface area contributed by atoms with Gasteiger partial charge in [-0.1, -0.05) is 48.0 Å². The Bertz CT molecular complexity index is 1150. The second-order valence-corrected chi connectivity index (χ2v) is 8.43. The van der Waals surface area contributed by atoms with E-state index in [4.69, 9.17) is 16.3 Å². The van der Waals surface area contributed by atoms with E-state index in [1.165, 1.54) is 0 Å². The van der Waals surface area contributed by atoms with Gasteiger partial charge in [-0.05, 0) is 59.9 Å². The van der Waals surface area contributed by atoms with Gasteiger partial charge in [0.05, 0.1) is 24.5 Å². The molecule has 0 bridgehead atoms. The lowest BCUT2D eigenvalue weighted by atomic mass is 9.78. The minimum atomic E-state index is -0.226. The number of carbonyl (C=O) groups is 1. The Balaban J connectivity index is 1.58. The van der Waals surface area contributed by atoms with E-state index < -0.39 is 0 Å². The van der Waals surface area contributed by atoms with Gasteiger partial charge in [-0.25, -0.2) is 0 Å². The monoisotopic (exact) mass is 430 g/mol. The van der Waals surface area contributed by atoms with Crippen molar-refractivity contribution in [2.24, 2.45) is 0 Å². The Morgan fingerprint density at radius 2 is 1.55 bits per heavy atom. The van der Waals surface area contributed by atoms with Crippen molar-refractivity contribution in [1.82, 2.24) is 0 Å². The predicted molar refractivity (Wildman–Crippen MR) is 125 cm³/mol. The summed E-state index contributed by atoms with van der Waals surface area (Å²) in [5.74, 6) is 1.08. The third-order valence-electron chi connectivity index (χ3n) is 6.10. The van der Waals surface area contributed by atoms with E-state index in [1.54, 1.807) is 7.11 Å². The fourth-order valence-corrected chi connectivity index (χ4v) is 4.64. The number of rotatable bonds is 3. The molecule has 3 aromatic rings. The van der Waals surface area contributed by atoms with Gasteiger partial charge in [0.25, 0.3) is 0 Å². The van der Waals surface area contributed by atoms with Crippen LogP contribution < -0.4 is 15.4 Å². The lowest BCUT2D eigenvalue weighted by Crippen LogP contribution is -2.26. The van der Waals surface area contributed by atoms with Crippen molar-refractivity contribution in [2.45, 2.75) is 24.8 Å². The number of hydrogen-bond acceptors (Lipinski definition) is 4. The van der Waals surface area contributed by atoms with Gasteiger partial charge in [-0.3, -0.25) is 4.79 Å². The number of allylic oxidation sites excluding steroid dienone is 1. The number of nitrogens with one attached hydrogen (secondary N) is 2. The van der Waals surface area contributed by atoms with Gasteiger partial charge in [0.2, 0.25) is 0 Å². The molecular weight excluding hydrogens is 408 g/mol. The van der Waals surface area contributed by atoms with Gasteiger partial charge in [-0.15, -0.1) is 0 Å². The Morgan fingerprint density at radius 1 is 0.871 bits per heavy atom. The zero-order valence-corrected chi connectivity index (χ0v) is 17.9. The summed E-state index contributed by atoms with van der Waals surface area (Å²) >= 11 is 6.07. The molecule has 1 aliphatic heterocycles. The van der Waals surface area contributed by atoms with Crippen LogP contribution in [0.1, 0.15) is 35.9 Å². The van der Waals surface area contributed by atoms with E-state index in [-0.39, 0.29) is 17.7 Å². The molecule has 0 aromatic heterocycles. The van der Waals surface area contributed by atoms with E-state index in [1.807, 2.05) is 72.8 Å². The molecular formula is C26H23ClN2O2. The fraction of sp³-hybridized carbons (Fsp3) is 0.192. The highest BCUT2D eigenvalue weighted by atomic mass is 35.5. The molecule has 0 saturated heterocycles. The maximum atomic E-state index is 13.5. The molecule has 1 aliphatic carbocycles. The van der Waals surface area contributed by atoms with Crippen LogP contribution in [-0.4, -0.2) is 12.9 Å². The normalized spacial score (nSPS) is 20.1. The standard InChI is InChI=1S/C26H23ClN2O2/c1-31-20-12-8-17(9-13-20)26-25-23(28-21-4-2-3-5-22(21)29-26)14-18(15-24(25)30)16-6-10-19(27)11-7-16/h2-13,18,26,28-29H,14-15H2,1H3/t18-,26-/m1/s1. The molecule has 3 aromatic carbocycles. The van der Waals surface area contributed by atoms with Crippen LogP contribution in [0.4, 0.5) is 11.4 Å². The molecule has 156 valence electrons. The third kappa shape index (κ3) is 3.79. The van der Waals surface area contributed by atoms with Crippen LogP contribution in [0.25, 0.3) is 0 Å². The summed E-state index contributed by atoms with van der Waals surface area (Å²) < 4.78 is 5.32. The van der Waals surface area contributed by atoms with Crippen molar-refractivity contribution in [3.05, 3.63) is 100 Å². The molecule has 5 rings (SSSR count). The molecule has 0 unspecified atom stereocenters. The summed E-state index contributed by atoms with van der Waals surface area (Å²) in [6.07, 6.45) is 1.25. The zero-order valence-electron chi connectivity index (χ0n) is 17.2. The molecule has 1 heterocycles. The summed E-state index contributed by atoms with van der Waals surface area (Å²) in [6.45, 7) is 0. The van der Waals surface area contributed by atoms with E-state index >= 15 is 0 Å². The Kier molecular flexibility index (Phi) is 5.16. The number of benzene rings is 3. The van der Waals surface area contributed by atoms with Gasteiger partial charge >= 0.3 is 0 Å². The topological polar surface area (TPSA) is 50.4 Å². The molecule has 5 heteroatoms.